The second kappa shape index (κ2) is 10.2. The summed E-state index contributed by atoms with van der Waals surface area (Å²) >= 11 is 7.17. The number of nitrogens with one attached hydrogen (secondary N) is 1. The number of amides is 2. The van der Waals surface area contributed by atoms with Crippen LogP contribution >= 0.6 is 23.4 Å². The van der Waals surface area contributed by atoms with E-state index in [0.717, 1.165) is 5.56 Å². The minimum atomic E-state index is -0.552. The van der Waals surface area contributed by atoms with Crippen molar-refractivity contribution in [3.63, 3.8) is 0 Å². The average Bonchev–Trinajstić information content (AvgIpc) is 3.10. The number of anilines is 1. The van der Waals surface area contributed by atoms with E-state index >= 15 is 0 Å². The van der Waals surface area contributed by atoms with Gasteiger partial charge >= 0.3 is 0 Å². The van der Waals surface area contributed by atoms with E-state index in [9.17, 15) is 14.9 Å². The third kappa shape index (κ3) is 5.10. The zero-order chi connectivity index (χ0) is 22.4. The van der Waals surface area contributed by atoms with Crippen molar-refractivity contribution in [2.75, 3.05) is 18.6 Å². The van der Waals surface area contributed by atoms with Crippen molar-refractivity contribution in [3.8, 4) is 11.8 Å². The number of nitrogens with zero attached hydrogens (tertiary/aromatic N) is 2. The van der Waals surface area contributed by atoms with E-state index in [0.29, 0.717) is 27.9 Å². The Morgan fingerprint density at radius 2 is 1.97 bits per heavy atom. The Hall–Kier alpha value is -3.21. The van der Waals surface area contributed by atoms with Crippen LogP contribution in [0.15, 0.2) is 71.8 Å². The van der Waals surface area contributed by atoms with Crippen molar-refractivity contribution in [2.24, 2.45) is 0 Å². The SMILES string of the molecule is C=CCNC(=O)/C(C#N)=C1\SC(Cc2ccc(Cl)cc2)C(=O)N1c1ccc(OC)cc1. The first kappa shape index (κ1) is 22.5. The van der Waals surface area contributed by atoms with E-state index in [1.165, 1.54) is 22.7 Å². The molecule has 8 heteroatoms. The zero-order valence-corrected chi connectivity index (χ0v) is 18.4. The summed E-state index contributed by atoms with van der Waals surface area (Å²) in [6.45, 7) is 3.78. The summed E-state index contributed by atoms with van der Waals surface area (Å²) in [6.07, 6.45) is 1.96. The van der Waals surface area contributed by atoms with Crippen LogP contribution in [-0.4, -0.2) is 30.7 Å². The van der Waals surface area contributed by atoms with Gasteiger partial charge in [0.25, 0.3) is 5.91 Å². The third-order valence-corrected chi connectivity index (χ3v) is 6.09. The van der Waals surface area contributed by atoms with Crippen LogP contribution in [0.2, 0.25) is 5.02 Å². The smallest absolute Gasteiger partial charge is 0.264 e. The maximum Gasteiger partial charge on any atom is 0.264 e. The maximum absolute atomic E-state index is 13.4. The van der Waals surface area contributed by atoms with Crippen LogP contribution in [0.4, 0.5) is 5.69 Å². The fraction of sp³-hybridized carbons (Fsp3) is 0.174. The molecule has 2 amide bonds. The van der Waals surface area contributed by atoms with Gasteiger partial charge in [-0.25, -0.2) is 0 Å². The molecular formula is C23H20ClN3O3S. The summed E-state index contributed by atoms with van der Waals surface area (Å²) in [5, 5.41) is 12.8. The number of benzene rings is 2. The van der Waals surface area contributed by atoms with Gasteiger partial charge < -0.3 is 10.1 Å². The monoisotopic (exact) mass is 453 g/mol. The molecular weight excluding hydrogens is 434 g/mol. The van der Waals surface area contributed by atoms with Crippen LogP contribution in [0, 0.1) is 11.3 Å². The molecule has 0 radical (unpaired) electrons. The number of methoxy groups -OCH3 is 1. The number of ether oxygens (including phenoxy) is 1. The maximum atomic E-state index is 13.4. The molecule has 2 aromatic rings. The number of rotatable bonds is 7. The standard InChI is InChI=1S/C23H20ClN3O3S/c1-3-12-26-21(28)19(14-25)23-27(17-8-10-18(30-2)11-9-17)22(29)20(31-23)13-15-4-6-16(24)7-5-15/h3-11,20H,1,12-13H2,2H3,(H,26,28)/b23-19-. The van der Waals surface area contributed by atoms with Gasteiger partial charge in [0.1, 0.15) is 22.4 Å². The molecule has 1 atom stereocenters. The van der Waals surface area contributed by atoms with Crippen molar-refractivity contribution in [3.05, 3.63) is 82.4 Å². The number of hydrogen-bond donors (Lipinski definition) is 1. The van der Waals surface area contributed by atoms with Gasteiger partial charge in [0.15, 0.2) is 0 Å². The predicted octanol–water partition coefficient (Wildman–Crippen LogP) is 4.08. The average molecular weight is 454 g/mol. The molecule has 6 nitrogen and oxygen atoms in total. The second-order valence-electron chi connectivity index (χ2n) is 6.60. The number of carbonyl (C=O) groups is 2. The van der Waals surface area contributed by atoms with Crippen molar-refractivity contribution in [1.29, 1.82) is 5.26 Å². The molecule has 1 unspecified atom stereocenters. The van der Waals surface area contributed by atoms with E-state index in [1.807, 2.05) is 18.2 Å². The number of halogens is 1. The molecule has 0 spiro atoms. The number of carbonyl (C=O) groups excluding carboxylic acids is 2. The Morgan fingerprint density at radius 1 is 1.29 bits per heavy atom. The molecule has 0 saturated carbocycles. The normalized spacial score (nSPS) is 17.1. The van der Waals surface area contributed by atoms with Crippen LogP contribution in [0.5, 0.6) is 5.75 Å². The molecule has 3 rings (SSSR count). The largest absolute Gasteiger partial charge is 0.497 e. The first-order valence-electron chi connectivity index (χ1n) is 9.41. The Balaban J connectivity index is 2.01. The van der Waals surface area contributed by atoms with Crippen LogP contribution in [0.1, 0.15) is 5.56 Å². The first-order chi connectivity index (χ1) is 15.0. The highest BCUT2D eigenvalue weighted by atomic mass is 35.5. The molecule has 0 bridgehead atoms. The molecule has 0 aliphatic carbocycles. The van der Waals surface area contributed by atoms with Gasteiger partial charge in [0, 0.05) is 17.3 Å². The van der Waals surface area contributed by atoms with Gasteiger partial charge in [0.2, 0.25) is 5.91 Å². The van der Waals surface area contributed by atoms with Gasteiger partial charge in [-0.15, -0.1) is 6.58 Å². The molecule has 1 saturated heterocycles. The molecule has 2 aromatic carbocycles. The summed E-state index contributed by atoms with van der Waals surface area (Å²) in [6, 6.07) is 16.1. The van der Waals surface area contributed by atoms with Gasteiger partial charge in [-0.05, 0) is 48.4 Å². The lowest BCUT2D eigenvalue weighted by molar-refractivity contribution is -0.117. The van der Waals surface area contributed by atoms with E-state index in [1.54, 1.807) is 43.5 Å². The van der Waals surface area contributed by atoms with E-state index in [2.05, 4.69) is 11.9 Å². The number of hydrogen-bond acceptors (Lipinski definition) is 5. The van der Waals surface area contributed by atoms with E-state index in [-0.39, 0.29) is 18.0 Å². The van der Waals surface area contributed by atoms with Crippen LogP contribution < -0.4 is 15.0 Å². The minimum absolute atomic E-state index is 0.116. The minimum Gasteiger partial charge on any atom is -0.497 e. The molecule has 1 N–H and O–H groups in total. The third-order valence-electron chi connectivity index (χ3n) is 4.58. The summed E-state index contributed by atoms with van der Waals surface area (Å²) in [5.74, 6) is -0.122. The fourth-order valence-corrected chi connectivity index (χ4v) is 4.48. The van der Waals surface area contributed by atoms with E-state index in [4.69, 9.17) is 16.3 Å². The summed E-state index contributed by atoms with van der Waals surface area (Å²) < 4.78 is 5.19. The van der Waals surface area contributed by atoms with Gasteiger partial charge in [-0.2, -0.15) is 5.26 Å². The highest BCUT2D eigenvalue weighted by Crippen LogP contribution is 2.42. The Morgan fingerprint density at radius 3 is 2.55 bits per heavy atom. The molecule has 1 heterocycles. The molecule has 0 aromatic heterocycles. The number of thioether (sulfide) groups is 1. The predicted molar refractivity (Wildman–Crippen MR) is 123 cm³/mol. The highest BCUT2D eigenvalue weighted by molar-refractivity contribution is 8.05. The summed E-state index contributed by atoms with van der Waals surface area (Å²) in [5.41, 5.74) is 1.37. The zero-order valence-electron chi connectivity index (χ0n) is 16.8. The molecule has 158 valence electrons. The summed E-state index contributed by atoms with van der Waals surface area (Å²) in [7, 11) is 1.55. The quantitative estimate of drug-likeness (QED) is 0.388. The summed E-state index contributed by atoms with van der Waals surface area (Å²) in [4.78, 5) is 27.4. The number of nitriles is 1. The first-order valence-corrected chi connectivity index (χ1v) is 10.7. The van der Waals surface area contributed by atoms with Crippen LogP contribution in [-0.2, 0) is 16.0 Å². The molecule has 1 aliphatic rings. The Bertz CT molecular complexity index is 1060. The van der Waals surface area contributed by atoms with Crippen molar-refractivity contribution in [1.82, 2.24) is 5.32 Å². The van der Waals surface area contributed by atoms with Crippen LogP contribution in [0.3, 0.4) is 0 Å². The van der Waals surface area contributed by atoms with Crippen molar-refractivity contribution >= 4 is 40.9 Å². The molecule has 1 aliphatic heterocycles. The van der Waals surface area contributed by atoms with Gasteiger partial charge in [-0.1, -0.05) is 41.6 Å². The lowest BCUT2D eigenvalue weighted by atomic mass is 10.1. The molecule has 1 fully saturated rings. The fourth-order valence-electron chi connectivity index (χ4n) is 3.04. The van der Waals surface area contributed by atoms with Gasteiger partial charge in [-0.3, -0.25) is 14.5 Å². The van der Waals surface area contributed by atoms with E-state index < -0.39 is 11.2 Å². The topological polar surface area (TPSA) is 82.4 Å². The van der Waals surface area contributed by atoms with Crippen molar-refractivity contribution < 1.29 is 14.3 Å². The van der Waals surface area contributed by atoms with Crippen LogP contribution in [0.25, 0.3) is 0 Å². The lowest BCUT2D eigenvalue weighted by Gasteiger charge is -2.19. The highest BCUT2D eigenvalue weighted by Gasteiger charge is 2.40. The van der Waals surface area contributed by atoms with Crippen molar-refractivity contribution in [2.45, 2.75) is 11.7 Å². The molecule has 31 heavy (non-hydrogen) atoms. The second-order valence-corrected chi connectivity index (χ2v) is 8.23. The Kier molecular flexibility index (Phi) is 7.40. The Labute approximate surface area is 190 Å². The lowest BCUT2D eigenvalue weighted by Crippen LogP contribution is -2.32. The van der Waals surface area contributed by atoms with Gasteiger partial charge in [0.05, 0.1) is 12.4 Å².